The number of rotatable bonds is 5. The Bertz CT molecular complexity index is 813. The van der Waals surface area contributed by atoms with Crippen LogP contribution in [0, 0.1) is 0 Å². The third kappa shape index (κ3) is 3.62. The molecular formula is C21H24N4O. The Labute approximate surface area is 154 Å². The van der Waals surface area contributed by atoms with E-state index in [2.05, 4.69) is 27.4 Å². The molecule has 0 radical (unpaired) electrons. The number of benzene rings is 1. The zero-order chi connectivity index (χ0) is 17.8. The minimum atomic E-state index is -0.0821. The van der Waals surface area contributed by atoms with Crippen LogP contribution in [0.25, 0.3) is 0 Å². The first-order valence-electron chi connectivity index (χ1n) is 9.45. The third-order valence-electron chi connectivity index (χ3n) is 5.14. The summed E-state index contributed by atoms with van der Waals surface area (Å²) in [6, 6.07) is 8.04. The number of carbonyl (C=O) groups excluding carboxylic acids is 1. The van der Waals surface area contributed by atoms with E-state index in [9.17, 15) is 4.79 Å². The SMILES string of the molecule is O=C(c1cnc(NCCC2=CCCCC2)cn1)N1CCc2ccccc21. The summed E-state index contributed by atoms with van der Waals surface area (Å²) in [6.07, 6.45) is 12.6. The molecule has 0 saturated carbocycles. The molecule has 26 heavy (non-hydrogen) atoms. The summed E-state index contributed by atoms with van der Waals surface area (Å²) in [4.78, 5) is 23.2. The number of hydrogen-bond donors (Lipinski definition) is 1. The van der Waals surface area contributed by atoms with E-state index >= 15 is 0 Å². The van der Waals surface area contributed by atoms with Crippen molar-refractivity contribution in [3.8, 4) is 0 Å². The number of hydrogen-bond acceptors (Lipinski definition) is 4. The van der Waals surface area contributed by atoms with Crippen LogP contribution in [-0.2, 0) is 6.42 Å². The topological polar surface area (TPSA) is 58.1 Å². The lowest BCUT2D eigenvalue weighted by molar-refractivity contribution is 0.0984. The van der Waals surface area contributed by atoms with Gasteiger partial charge in [-0.3, -0.25) is 4.79 Å². The Morgan fingerprint density at radius 3 is 2.85 bits per heavy atom. The van der Waals surface area contributed by atoms with Gasteiger partial charge in [0, 0.05) is 18.8 Å². The predicted molar refractivity (Wildman–Crippen MR) is 104 cm³/mol. The highest BCUT2D eigenvalue weighted by atomic mass is 16.2. The second-order valence-corrected chi connectivity index (χ2v) is 6.91. The second kappa shape index (κ2) is 7.68. The van der Waals surface area contributed by atoms with Gasteiger partial charge in [-0.25, -0.2) is 9.97 Å². The molecule has 2 heterocycles. The molecule has 2 aromatic rings. The Morgan fingerprint density at radius 1 is 1.12 bits per heavy atom. The summed E-state index contributed by atoms with van der Waals surface area (Å²) in [5, 5.41) is 3.30. The van der Waals surface area contributed by atoms with Crippen molar-refractivity contribution in [2.24, 2.45) is 0 Å². The number of carbonyl (C=O) groups is 1. The fourth-order valence-electron chi connectivity index (χ4n) is 3.70. The van der Waals surface area contributed by atoms with Crippen molar-refractivity contribution in [3.05, 3.63) is 59.6 Å². The monoisotopic (exact) mass is 348 g/mol. The van der Waals surface area contributed by atoms with Gasteiger partial charge in [0.05, 0.1) is 12.4 Å². The zero-order valence-corrected chi connectivity index (χ0v) is 14.9. The van der Waals surface area contributed by atoms with E-state index in [1.54, 1.807) is 17.3 Å². The van der Waals surface area contributed by atoms with E-state index in [1.807, 2.05) is 18.2 Å². The van der Waals surface area contributed by atoms with Crippen LogP contribution in [0.1, 0.15) is 48.2 Å². The summed E-state index contributed by atoms with van der Waals surface area (Å²) in [6.45, 7) is 1.56. The predicted octanol–water partition coefficient (Wildman–Crippen LogP) is 3.98. The molecule has 1 N–H and O–H groups in total. The lowest BCUT2D eigenvalue weighted by atomic mass is 9.97. The molecule has 2 aliphatic rings. The van der Waals surface area contributed by atoms with E-state index in [0.717, 1.165) is 30.9 Å². The van der Waals surface area contributed by atoms with Crippen molar-refractivity contribution in [3.63, 3.8) is 0 Å². The maximum atomic E-state index is 12.7. The van der Waals surface area contributed by atoms with Gasteiger partial charge < -0.3 is 10.2 Å². The van der Waals surface area contributed by atoms with Crippen LogP contribution >= 0.6 is 0 Å². The average Bonchev–Trinajstić information content (AvgIpc) is 3.13. The smallest absolute Gasteiger partial charge is 0.278 e. The summed E-state index contributed by atoms with van der Waals surface area (Å²) in [5.74, 6) is 0.640. The zero-order valence-electron chi connectivity index (χ0n) is 14.9. The Balaban J connectivity index is 1.35. The molecule has 0 spiro atoms. The number of allylic oxidation sites excluding steroid dienone is 1. The summed E-state index contributed by atoms with van der Waals surface area (Å²) >= 11 is 0. The molecule has 0 unspecified atom stereocenters. The van der Waals surface area contributed by atoms with Gasteiger partial charge in [0.2, 0.25) is 0 Å². The highest BCUT2D eigenvalue weighted by Crippen LogP contribution is 2.28. The van der Waals surface area contributed by atoms with Gasteiger partial charge in [0.1, 0.15) is 11.5 Å². The van der Waals surface area contributed by atoms with Gasteiger partial charge >= 0.3 is 0 Å². The quantitative estimate of drug-likeness (QED) is 0.830. The van der Waals surface area contributed by atoms with E-state index in [-0.39, 0.29) is 5.91 Å². The maximum absolute atomic E-state index is 12.7. The number of para-hydroxylation sites is 1. The fourth-order valence-corrected chi connectivity index (χ4v) is 3.70. The number of nitrogens with zero attached hydrogens (tertiary/aromatic N) is 3. The number of amides is 1. The van der Waals surface area contributed by atoms with Crippen LogP contribution in [-0.4, -0.2) is 29.0 Å². The fraction of sp³-hybridized carbons (Fsp3) is 0.381. The summed E-state index contributed by atoms with van der Waals surface area (Å²) < 4.78 is 0. The molecule has 1 aromatic heterocycles. The number of fused-ring (bicyclic) bond motifs is 1. The van der Waals surface area contributed by atoms with Gasteiger partial charge in [-0.05, 0) is 50.2 Å². The molecule has 1 aliphatic carbocycles. The van der Waals surface area contributed by atoms with Crippen LogP contribution in [0.5, 0.6) is 0 Å². The minimum Gasteiger partial charge on any atom is -0.368 e. The van der Waals surface area contributed by atoms with Gasteiger partial charge in [0.15, 0.2) is 0 Å². The molecule has 1 amide bonds. The van der Waals surface area contributed by atoms with Crippen molar-refractivity contribution in [1.29, 1.82) is 0 Å². The molecule has 0 bridgehead atoms. The van der Waals surface area contributed by atoms with E-state index in [4.69, 9.17) is 0 Å². The highest BCUT2D eigenvalue weighted by Gasteiger charge is 2.26. The van der Waals surface area contributed by atoms with Crippen molar-refractivity contribution in [2.75, 3.05) is 23.3 Å². The van der Waals surface area contributed by atoms with Crippen LogP contribution in [0.2, 0.25) is 0 Å². The lowest BCUT2D eigenvalue weighted by Crippen LogP contribution is -2.29. The Morgan fingerprint density at radius 2 is 2.04 bits per heavy atom. The molecule has 5 heteroatoms. The molecule has 5 nitrogen and oxygen atoms in total. The first-order valence-corrected chi connectivity index (χ1v) is 9.45. The van der Waals surface area contributed by atoms with Crippen molar-refractivity contribution >= 4 is 17.4 Å². The first-order chi connectivity index (χ1) is 12.8. The first kappa shape index (κ1) is 16.8. The molecule has 1 aliphatic heterocycles. The van der Waals surface area contributed by atoms with Crippen molar-refractivity contribution in [2.45, 2.75) is 38.5 Å². The molecule has 4 rings (SSSR count). The maximum Gasteiger partial charge on any atom is 0.278 e. The molecule has 0 fully saturated rings. The van der Waals surface area contributed by atoms with E-state index in [0.29, 0.717) is 12.2 Å². The number of anilines is 2. The summed E-state index contributed by atoms with van der Waals surface area (Å²) in [7, 11) is 0. The third-order valence-corrected chi connectivity index (χ3v) is 5.14. The normalized spacial score (nSPS) is 16.2. The van der Waals surface area contributed by atoms with Crippen LogP contribution in [0.3, 0.4) is 0 Å². The second-order valence-electron chi connectivity index (χ2n) is 6.91. The molecule has 0 saturated heterocycles. The van der Waals surface area contributed by atoms with Crippen molar-refractivity contribution < 1.29 is 4.79 Å². The lowest BCUT2D eigenvalue weighted by Gasteiger charge is -2.16. The highest BCUT2D eigenvalue weighted by molar-refractivity contribution is 6.05. The van der Waals surface area contributed by atoms with Crippen molar-refractivity contribution in [1.82, 2.24) is 9.97 Å². The van der Waals surface area contributed by atoms with E-state index in [1.165, 1.54) is 36.8 Å². The Hall–Kier alpha value is -2.69. The van der Waals surface area contributed by atoms with Gasteiger partial charge in [0.25, 0.3) is 5.91 Å². The minimum absolute atomic E-state index is 0.0821. The van der Waals surface area contributed by atoms with Gasteiger partial charge in [-0.2, -0.15) is 0 Å². The standard InChI is InChI=1S/C21H24N4O/c26-21(25-13-11-17-8-4-5-9-19(17)25)18-14-24-20(15-23-18)22-12-10-16-6-2-1-3-7-16/h4-6,8-9,14-15H,1-3,7,10-13H2,(H,22,24). The van der Waals surface area contributed by atoms with Gasteiger partial charge in [-0.15, -0.1) is 0 Å². The molecule has 134 valence electrons. The number of nitrogens with one attached hydrogen (secondary N) is 1. The van der Waals surface area contributed by atoms with Gasteiger partial charge in [-0.1, -0.05) is 29.8 Å². The van der Waals surface area contributed by atoms with E-state index < -0.39 is 0 Å². The number of aromatic nitrogens is 2. The molecule has 0 atom stereocenters. The van der Waals surface area contributed by atoms with Crippen LogP contribution in [0.4, 0.5) is 11.5 Å². The summed E-state index contributed by atoms with van der Waals surface area (Å²) in [5.41, 5.74) is 4.13. The Kier molecular flexibility index (Phi) is 4.95. The largest absolute Gasteiger partial charge is 0.368 e. The van der Waals surface area contributed by atoms with Crippen LogP contribution < -0.4 is 10.2 Å². The molecule has 1 aromatic carbocycles. The average molecular weight is 348 g/mol. The molecular weight excluding hydrogens is 324 g/mol. The van der Waals surface area contributed by atoms with Crippen LogP contribution in [0.15, 0.2) is 48.3 Å².